The van der Waals surface area contributed by atoms with Crippen LogP contribution in [0, 0.1) is 0 Å². The van der Waals surface area contributed by atoms with Crippen LogP contribution in [0.5, 0.6) is 0 Å². The van der Waals surface area contributed by atoms with E-state index in [1.54, 1.807) is 0 Å². The van der Waals surface area contributed by atoms with Gasteiger partial charge in [0.25, 0.3) is 12.0 Å². The molecule has 0 atom stereocenters. The van der Waals surface area contributed by atoms with Gasteiger partial charge in [0.05, 0.1) is 33.0 Å². The third-order valence-electron chi connectivity index (χ3n) is 5.32. The van der Waals surface area contributed by atoms with Gasteiger partial charge >= 0.3 is 0 Å². The van der Waals surface area contributed by atoms with Gasteiger partial charge in [0.2, 0.25) is 0 Å². The lowest BCUT2D eigenvalue weighted by atomic mass is 10.2. The van der Waals surface area contributed by atoms with E-state index in [1.165, 1.54) is 0 Å². The Kier molecular flexibility index (Phi) is 3.96. The van der Waals surface area contributed by atoms with Gasteiger partial charge in [-0.15, -0.1) is 0 Å². The Morgan fingerprint density at radius 2 is 1.76 bits per heavy atom. The van der Waals surface area contributed by atoms with Gasteiger partial charge in [0, 0.05) is 30.1 Å². The second-order valence-electron chi connectivity index (χ2n) is 8.04. The molecule has 4 aromatic rings. The predicted octanol–water partition coefficient (Wildman–Crippen LogP) is 3.40. The Balaban J connectivity index is 1.65. The van der Waals surface area contributed by atoms with Crippen molar-refractivity contribution in [2.45, 2.75) is 0 Å². The number of nitrogens with zero attached hydrogens (tertiary/aromatic N) is 6. The van der Waals surface area contributed by atoms with Crippen LogP contribution in [0.3, 0.4) is 0 Å². The van der Waals surface area contributed by atoms with Crippen LogP contribution in [0.25, 0.3) is 22.9 Å². The van der Waals surface area contributed by atoms with Crippen molar-refractivity contribution in [2.24, 2.45) is 7.05 Å². The van der Waals surface area contributed by atoms with Gasteiger partial charge in [-0.2, -0.15) is 4.57 Å². The molecule has 0 fully saturated rings. The van der Waals surface area contributed by atoms with Crippen LogP contribution in [-0.4, -0.2) is 39.8 Å². The molecule has 0 unspecified atom stereocenters. The molecule has 0 N–H and O–H groups in total. The highest BCUT2D eigenvalue weighted by Crippen LogP contribution is 2.32. The molecule has 4 heterocycles. The maximum absolute atomic E-state index is 4.70. The second kappa shape index (κ2) is 6.53. The summed E-state index contributed by atoms with van der Waals surface area (Å²) in [7, 11) is 6.44. The van der Waals surface area contributed by atoms with E-state index < -0.39 is 0 Å². The highest BCUT2D eigenvalue weighted by atomic mass is 15.4. The molecule has 6 nitrogen and oxygen atoms in total. The fourth-order valence-corrected chi connectivity index (χ4v) is 3.87. The lowest BCUT2D eigenvalue weighted by Gasteiger charge is -2.31. The number of aromatic nitrogens is 4. The molecule has 3 aromatic heterocycles. The van der Waals surface area contributed by atoms with Crippen LogP contribution in [0.15, 0.2) is 73.5 Å². The minimum atomic E-state index is 0.740. The van der Waals surface area contributed by atoms with E-state index in [0.717, 1.165) is 45.1 Å². The van der Waals surface area contributed by atoms with Gasteiger partial charge in [-0.3, -0.25) is 9.38 Å². The average Bonchev–Trinajstić information content (AvgIpc) is 3.00. The van der Waals surface area contributed by atoms with E-state index in [4.69, 9.17) is 4.98 Å². The first-order valence-corrected chi connectivity index (χ1v) is 9.68. The standard InChI is InChI=1S/C23H24N6/c1-26-16-27(23-21(26)10-6-13-25-23)19-8-4-9-20(15-19)28-17-29(2,3)14-11-18-7-5-12-24-22(18)28/h4-16H,17H2,1-3H3/q+2. The largest absolute Gasteiger partial charge is 0.285 e. The van der Waals surface area contributed by atoms with Crippen molar-refractivity contribution in [3.05, 3.63) is 79.0 Å². The Bertz CT molecular complexity index is 1240. The first-order chi connectivity index (χ1) is 14.0. The molecule has 1 aromatic carbocycles. The molecule has 0 saturated carbocycles. The molecule has 5 rings (SSSR count). The van der Waals surface area contributed by atoms with Gasteiger partial charge in [-0.05, 0) is 36.4 Å². The van der Waals surface area contributed by atoms with Crippen molar-refractivity contribution in [3.63, 3.8) is 0 Å². The molecule has 1 aliphatic rings. The molecule has 0 amide bonds. The second-order valence-corrected chi connectivity index (χ2v) is 8.04. The van der Waals surface area contributed by atoms with Gasteiger partial charge in [0.1, 0.15) is 11.5 Å². The quantitative estimate of drug-likeness (QED) is 0.393. The van der Waals surface area contributed by atoms with Crippen LogP contribution in [0.1, 0.15) is 5.56 Å². The topological polar surface area (TPSA) is 37.8 Å². The maximum atomic E-state index is 4.70. The maximum Gasteiger partial charge on any atom is 0.273 e. The SMILES string of the molecule is C[n+]1cn(-c2cccc(N3C[N+](C)(C)C=Cc4cccnc43)c2)c2ncccc21. The first-order valence-electron chi connectivity index (χ1n) is 9.68. The van der Waals surface area contributed by atoms with Crippen LogP contribution in [0.4, 0.5) is 11.5 Å². The number of rotatable bonds is 2. The summed E-state index contributed by atoms with van der Waals surface area (Å²) >= 11 is 0. The van der Waals surface area contributed by atoms with Crippen molar-refractivity contribution in [1.82, 2.24) is 14.5 Å². The van der Waals surface area contributed by atoms with Crippen LogP contribution >= 0.6 is 0 Å². The number of hydrogen-bond donors (Lipinski definition) is 0. The zero-order valence-electron chi connectivity index (χ0n) is 16.9. The molecule has 6 heteroatoms. The van der Waals surface area contributed by atoms with E-state index in [0.29, 0.717) is 0 Å². The number of anilines is 2. The highest BCUT2D eigenvalue weighted by Gasteiger charge is 2.26. The summed E-state index contributed by atoms with van der Waals surface area (Å²) in [5.74, 6) is 0.977. The Morgan fingerprint density at radius 1 is 0.966 bits per heavy atom. The molecule has 0 saturated heterocycles. The highest BCUT2D eigenvalue weighted by molar-refractivity contribution is 5.73. The summed E-state index contributed by atoms with van der Waals surface area (Å²) in [4.78, 5) is 11.6. The number of pyridine rings is 2. The molecular formula is C23H24N6+2. The molecule has 144 valence electrons. The van der Waals surface area contributed by atoms with Gasteiger partial charge in [0.15, 0.2) is 12.2 Å². The summed E-state index contributed by atoms with van der Waals surface area (Å²) < 4.78 is 4.97. The van der Waals surface area contributed by atoms with Crippen molar-refractivity contribution >= 4 is 28.7 Å². The molecule has 1 aliphatic heterocycles. The molecule has 0 aliphatic carbocycles. The third kappa shape index (κ3) is 3.07. The molecule has 29 heavy (non-hydrogen) atoms. The fraction of sp³-hybridized carbons (Fsp3) is 0.174. The monoisotopic (exact) mass is 384 g/mol. The fourth-order valence-electron chi connectivity index (χ4n) is 3.87. The average molecular weight is 384 g/mol. The number of fused-ring (bicyclic) bond motifs is 2. The predicted molar refractivity (Wildman–Crippen MR) is 115 cm³/mol. The Hall–Kier alpha value is -3.51. The smallest absolute Gasteiger partial charge is 0.273 e. The van der Waals surface area contributed by atoms with E-state index in [-0.39, 0.29) is 0 Å². The summed E-state index contributed by atoms with van der Waals surface area (Å²) in [6.07, 6.45) is 10.2. The van der Waals surface area contributed by atoms with Crippen LogP contribution in [-0.2, 0) is 7.05 Å². The van der Waals surface area contributed by atoms with Crippen molar-refractivity contribution in [3.8, 4) is 5.69 Å². The number of benzene rings is 1. The van der Waals surface area contributed by atoms with Crippen LogP contribution in [0.2, 0.25) is 0 Å². The van der Waals surface area contributed by atoms with Crippen molar-refractivity contribution in [1.29, 1.82) is 0 Å². The zero-order chi connectivity index (χ0) is 20.0. The van der Waals surface area contributed by atoms with E-state index in [2.05, 4.69) is 88.1 Å². The minimum absolute atomic E-state index is 0.740. The Labute approximate surface area is 170 Å². The summed E-state index contributed by atoms with van der Waals surface area (Å²) in [5, 5.41) is 0. The van der Waals surface area contributed by atoms with Gasteiger partial charge in [-0.25, -0.2) is 14.5 Å². The summed E-state index contributed by atoms with van der Waals surface area (Å²) in [5.41, 5.74) is 5.35. The number of hydrogen-bond acceptors (Lipinski definition) is 3. The lowest BCUT2D eigenvalue weighted by molar-refractivity contribution is -0.836. The van der Waals surface area contributed by atoms with Gasteiger partial charge < -0.3 is 0 Å². The van der Waals surface area contributed by atoms with Gasteiger partial charge in [-0.1, -0.05) is 6.07 Å². The Morgan fingerprint density at radius 3 is 2.66 bits per heavy atom. The molecule has 0 radical (unpaired) electrons. The lowest BCUT2D eigenvalue weighted by Crippen LogP contribution is -2.42. The molecular weight excluding hydrogens is 360 g/mol. The molecule has 0 spiro atoms. The molecule has 0 bridgehead atoms. The number of imidazole rings is 1. The van der Waals surface area contributed by atoms with E-state index >= 15 is 0 Å². The summed E-state index contributed by atoms with van der Waals surface area (Å²) in [6, 6.07) is 16.7. The van der Waals surface area contributed by atoms with Crippen molar-refractivity contribution < 1.29 is 9.05 Å². The van der Waals surface area contributed by atoms with Crippen molar-refractivity contribution in [2.75, 3.05) is 25.7 Å². The number of quaternary nitrogens is 1. The summed E-state index contributed by atoms with van der Waals surface area (Å²) in [6.45, 7) is 0.794. The van der Waals surface area contributed by atoms with Crippen LogP contribution < -0.4 is 9.47 Å². The normalized spacial score (nSPS) is 15.3. The zero-order valence-corrected chi connectivity index (χ0v) is 16.9. The minimum Gasteiger partial charge on any atom is -0.285 e. The van der Waals surface area contributed by atoms with E-state index in [1.807, 2.05) is 31.6 Å². The van der Waals surface area contributed by atoms with E-state index in [9.17, 15) is 0 Å². The number of aryl methyl sites for hydroxylation is 1. The first kappa shape index (κ1) is 17.6. The third-order valence-corrected chi connectivity index (χ3v) is 5.32.